The first-order valence-corrected chi connectivity index (χ1v) is 6.08. The van der Waals surface area contributed by atoms with E-state index in [1.54, 1.807) is 11.3 Å². The highest BCUT2D eigenvalue weighted by Crippen LogP contribution is 2.21. The number of nitrogens with two attached hydrogens (primary N) is 1. The Morgan fingerprint density at radius 1 is 1.50 bits per heavy atom. The average Bonchev–Trinajstić information content (AvgIpc) is 2.50. The molecule has 4 heteroatoms. The van der Waals surface area contributed by atoms with Crippen LogP contribution in [0.1, 0.15) is 18.2 Å². The molecule has 1 aromatic rings. The molecule has 0 saturated heterocycles. The lowest BCUT2D eigenvalue weighted by Crippen LogP contribution is -2.25. The van der Waals surface area contributed by atoms with Crippen LogP contribution in [0.5, 0.6) is 0 Å². The minimum atomic E-state index is 0.290. The Morgan fingerprint density at radius 2 is 2.29 bits per heavy atom. The van der Waals surface area contributed by atoms with Gasteiger partial charge in [-0.3, -0.25) is 0 Å². The Kier molecular flexibility index (Phi) is 5.48. The van der Waals surface area contributed by atoms with Crippen molar-refractivity contribution in [1.29, 1.82) is 0 Å². The van der Waals surface area contributed by atoms with Crippen molar-refractivity contribution >= 4 is 22.9 Å². The summed E-state index contributed by atoms with van der Waals surface area (Å²) in [6.45, 7) is 4.03. The second-order valence-corrected chi connectivity index (χ2v) is 5.27. The van der Waals surface area contributed by atoms with E-state index in [0.29, 0.717) is 6.04 Å². The lowest BCUT2D eigenvalue weighted by atomic mass is 10.2. The summed E-state index contributed by atoms with van der Waals surface area (Å²) in [7, 11) is 0. The third kappa shape index (κ3) is 4.96. The smallest absolute Gasteiger partial charge is 0.0931 e. The van der Waals surface area contributed by atoms with Crippen molar-refractivity contribution < 1.29 is 0 Å². The minimum absolute atomic E-state index is 0.290. The van der Waals surface area contributed by atoms with Crippen LogP contribution in [0.25, 0.3) is 0 Å². The first-order valence-electron chi connectivity index (χ1n) is 4.89. The molecular formula is C10H17ClN2S. The normalized spacial score (nSPS) is 13.1. The van der Waals surface area contributed by atoms with E-state index in [0.717, 1.165) is 30.3 Å². The lowest BCUT2D eigenvalue weighted by molar-refractivity contribution is 0.591. The molecule has 2 nitrogen and oxygen atoms in total. The van der Waals surface area contributed by atoms with Crippen LogP contribution in [-0.2, 0) is 6.42 Å². The first-order chi connectivity index (χ1) is 6.68. The molecule has 0 radical (unpaired) electrons. The third-order valence-corrected chi connectivity index (χ3v) is 3.24. The van der Waals surface area contributed by atoms with Gasteiger partial charge in [0, 0.05) is 10.9 Å². The molecule has 0 aliphatic carbocycles. The van der Waals surface area contributed by atoms with Gasteiger partial charge in [0.25, 0.3) is 0 Å². The Balaban J connectivity index is 2.04. The zero-order valence-corrected chi connectivity index (χ0v) is 10.00. The summed E-state index contributed by atoms with van der Waals surface area (Å²) in [6.07, 6.45) is 2.08. The molecule has 0 aromatic carbocycles. The van der Waals surface area contributed by atoms with Crippen molar-refractivity contribution in [3.63, 3.8) is 0 Å². The number of halogens is 1. The van der Waals surface area contributed by atoms with Gasteiger partial charge in [-0.05, 0) is 45.0 Å². The number of rotatable bonds is 6. The van der Waals surface area contributed by atoms with Crippen LogP contribution in [0.15, 0.2) is 12.1 Å². The van der Waals surface area contributed by atoms with Crippen molar-refractivity contribution in [3.8, 4) is 0 Å². The summed E-state index contributed by atoms with van der Waals surface area (Å²) >= 11 is 7.48. The van der Waals surface area contributed by atoms with Crippen LogP contribution in [0, 0.1) is 0 Å². The summed E-state index contributed by atoms with van der Waals surface area (Å²) in [4.78, 5) is 1.34. The number of thiophene rings is 1. The van der Waals surface area contributed by atoms with Gasteiger partial charge in [0.15, 0.2) is 0 Å². The maximum absolute atomic E-state index is 5.82. The summed E-state index contributed by atoms with van der Waals surface area (Å²) in [5.41, 5.74) is 5.63. The molecule has 0 saturated carbocycles. The van der Waals surface area contributed by atoms with Crippen molar-refractivity contribution in [2.24, 2.45) is 5.73 Å². The van der Waals surface area contributed by atoms with Crippen LogP contribution in [0.4, 0.5) is 0 Å². The van der Waals surface area contributed by atoms with E-state index in [-0.39, 0.29) is 0 Å². The van der Waals surface area contributed by atoms with Gasteiger partial charge in [0.2, 0.25) is 0 Å². The molecule has 80 valence electrons. The van der Waals surface area contributed by atoms with Crippen LogP contribution >= 0.6 is 22.9 Å². The highest BCUT2D eigenvalue weighted by molar-refractivity contribution is 7.16. The topological polar surface area (TPSA) is 38.0 Å². The molecular weight excluding hydrogens is 216 g/mol. The summed E-state index contributed by atoms with van der Waals surface area (Å²) < 4.78 is 0.871. The van der Waals surface area contributed by atoms with Crippen LogP contribution in [0.2, 0.25) is 4.34 Å². The van der Waals surface area contributed by atoms with Gasteiger partial charge in [-0.2, -0.15) is 0 Å². The maximum atomic E-state index is 5.82. The van der Waals surface area contributed by atoms with E-state index in [1.807, 2.05) is 13.0 Å². The molecule has 0 spiro atoms. The average molecular weight is 233 g/mol. The maximum Gasteiger partial charge on any atom is 0.0931 e. The quantitative estimate of drug-likeness (QED) is 0.739. The SMILES string of the molecule is CC(N)CCNCCc1ccc(Cl)s1. The van der Waals surface area contributed by atoms with Crippen LogP contribution in [-0.4, -0.2) is 19.1 Å². The molecule has 1 unspecified atom stereocenters. The monoisotopic (exact) mass is 232 g/mol. The lowest BCUT2D eigenvalue weighted by Gasteiger charge is -2.05. The fraction of sp³-hybridized carbons (Fsp3) is 0.600. The second kappa shape index (κ2) is 6.40. The van der Waals surface area contributed by atoms with E-state index >= 15 is 0 Å². The zero-order valence-electron chi connectivity index (χ0n) is 8.42. The van der Waals surface area contributed by atoms with Crippen molar-refractivity contribution in [2.75, 3.05) is 13.1 Å². The third-order valence-electron chi connectivity index (χ3n) is 1.95. The molecule has 0 amide bonds. The molecule has 1 atom stereocenters. The van der Waals surface area contributed by atoms with Gasteiger partial charge in [0.1, 0.15) is 0 Å². The van der Waals surface area contributed by atoms with E-state index in [4.69, 9.17) is 17.3 Å². The van der Waals surface area contributed by atoms with Gasteiger partial charge < -0.3 is 11.1 Å². The Labute approximate surface area is 94.5 Å². The fourth-order valence-corrected chi connectivity index (χ4v) is 2.24. The number of hydrogen-bond donors (Lipinski definition) is 2. The summed E-state index contributed by atoms with van der Waals surface area (Å²) in [6, 6.07) is 4.32. The molecule has 3 N–H and O–H groups in total. The van der Waals surface area contributed by atoms with Gasteiger partial charge in [-0.1, -0.05) is 11.6 Å². The number of hydrogen-bond acceptors (Lipinski definition) is 3. The second-order valence-electron chi connectivity index (χ2n) is 3.47. The molecule has 14 heavy (non-hydrogen) atoms. The molecule has 0 aliphatic heterocycles. The summed E-state index contributed by atoms with van der Waals surface area (Å²) in [5.74, 6) is 0. The predicted octanol–water partition coefficient (Wildman–Crippen LogP) is 2.27. The molecule has 1 rings (SSSR count). The highest BCUT2D eigenvalue weighted by Gasteiger charge is 1.97. The molecule has 1 aromatic heterocycles. The van der Waals surface area contributed by atoms with E-state index in [9.17, 15) is 0 Å². The van der Waals surface area contributed by atoms with E-state index in [1.165, 1.54) is 4.88 Å². The molecule has 0 aliphatic rings. The molecule has 1 heterocycles. The molecule has 0 bridgehead atoms. The van der Waals surface area contributed by atoms with Gasteiger partial charge in [-0.25, -0.2) is 0 Å². The largest absolute Gasteiger partial charge is 0.328 e. The van der Waals surface area contributed by atoms with Crippen molar-refractivity contribution in [3.05, 3.63) is 21.3 Å². The van der Waals surface area contributed by atoms with Crippen LogP contribution < -0.4 is 11.1 Å². The number of nitrogens with one attached hydrogen (secondary N) is 1. The van der Waals surface area contributed by atoms with Gasteiger partial charge in [-0.15, -0.1) is 11.3 Å². The zero-order chi connectivity index (χ0) is 10.4. The fourth-order valence-electron chi connectivity index (χ4n) is 1.15. The predicted molar refractivity (Wildman–Crippen MR) is 64.2 cm³/mol. The summed E-state index contributed by atoms with van der Waals surface area (Å²) in [5, 5.41) is 3.36. The Bertz CT molecular complexity index is 260. The standard InChI is InChI=1S/C10H17ClN2S/c1-8(12)4-6-13-7-5-9-2-3-10(11)14-9/h2-3,8,13H,4-7,12H2,1H3. The van der Waals surface area contributed by atoms with E-state index < -0.39 is 0 Å². The van der Waals surface area contributed by atoms with Crippen LogP contribution in [0.3, 0.4) is 0 Å². The van der Waals surface area contributed by atoms with Gasteiger partial charge in [0.05, 0.1) is 4.34 Å². The van der Waals surface area contributed by atoms with Crippen molar-refractivity contribution in [1.82, 2.24) is 5.32 Å². The Morgan fingerprint density at radius 3 is 2.86 bits per heavy atom. The molecule has 0 fully saturated rings. The highest BCUT2D eigenvalue weighted by atomic mass is 35.5. The Hall–Kier alpha value is -0.0900. The van der Waals surface area contributed by atoms with Crippen molar-refractivity contribution in [2.45, 2.75) is 25.8 Å². The van der Waals surface area contributed by atoms with E-state index in [2.05, 4.69) is 11.4 Å². The minimum Gasteiger partial charge on any atom is -0.328 e. The first kappa shape index (κ1) is 12.0. The van der Waals surface area contributed by atoms with Gasteiger partial charge >= 0.3 is 0 Å².